The smallest absolute Gasteiger partial charge is 0.236 e. The summed E-state index contributed by atoms with van der Waals surface area (Å²) >= 11 is 0. The van der Waals surface area contributed by atoms with Crippen molar-refractivity contribution in [1.82, 2.24) is 10.1 Å². The Morgan fingerprint density at radius 3 is 3.16 bits per heavy atom. The van der Waals surface area contributed by atoms with E-state index in [4.69, 9.17) is 9.26 Å². The number of anilines is 1. The van der Waals surface area contributed by atoms with E-state index in [2.05, 4.69) is 27.6 Å². The van der Waals surface area contributed by atoms with Crippen LogP contribution in [-0.2, 0) is 11.2 Å². The molecular weight excluding hydrogens is 242 g/mol. The van der Waals surface area contributed by atoms with Crippen LogP contribution in [0.1, 0.15) is 30.1 Å². The Kier molecular flexibility index (Phi) is 3.21. The molecule has 2 atom stereocenters. The summed E-state index contributed by atoms with van der Waals surface area (Å²) in [5, 5.41) is 7.39. The Labute approximate surface area is 112 Å². The Hall–Kier alpha value is -1.88. The van der Waals surface area contributed by atoms with Crippen LogP contribution in [0, 0.1) is 0 Å². The molecule has 19 heavy (non-hydrogen) atoms. The van der Waals surface area contributed by atoms with Crippen molar-refractivity contribution in [2.45, 2.75) is 25.4 Å². The number of ether oxygens (including phenoxy) is 1. The van der Waals surface area contributed by atoms with Gasteiger partial charge in [-0.3, -0.25) is 0 Å². The molecule has 2 aromatic rings. The van der Waals surface area contributed by atoms with Gasteiger partial charge in [-0.2, -0.15) is 4.98 Å². The van der Waals surface area contributed by atoms with E-state index in [0.717, 1.165) is 12.2 Å². The van der Waals surface area contributed by atoms with Gasteiger partial charge in [-0.05, 0) is 18.6 Å². The third kappa shape index (κ3) is 2.33. The number of fused-ring (bicyclic) bond motifs is 1. The van der Waals surface area contributed by atoms with Crippen LogP contribution in [-0.4, -0.2) is 29.9 Å². The van der Waals surface area contributed by atoms with E-state index < -0.39 is 0 Å². The van der Waals surface area contributed by atoms with Gasteiger partial charge >= 0.3 is 0 Å². The fourth-order valence-corrected chi connectivity index (χ4v) is 2.34. The van der Waals surface area contributed by atoms with Crippen LogP contribution >= 0.6 is 0 Å². The molecule has 1 aromatic heterocycles. The number of nitrogens with zero attached hydrogens (tertiary/aromatic N) is 2. The van der Waals surface area contributed by atoms with Gasteiger partial charge in [0.05, 0.1) is 12.0 Å². The highest BCUT2D eigenvalue weighted by Gasteiger charge is 2.28. The van der Waals surface area contributed by atoms with Gasteiger partial charge in [-0.25, -0.2) is 0 Å². The number of benzene rings is 1. The van der Waals surface area contributed by atoms with Crippen molar-refractivity contribution in [3.8, 4) is 0 Å². The summed E-state index contributed by atoms with van der Waals surface area (Å²) in [5.74, 6) is 1.53. The average Bonchev–Trinajstić information content (AvgIpc) is 3.04. The molecule has 5 nitrogen and oxygen atoms in total. The van der Waals surface area contributed by atoms with Crippen LogP contribution in [0.5, 0.6) is 0 Å². The van der Waals surface area contributed by atoms with Crippen LogP contribution in [0.4, 0.5) is 5.69 Å². The lowest BCUT2D eigenvalue weighted by Gasteiger charge is -2.05. The monoisotopic (exact) mass is 259 g/mol. The topological polar surface area (TPSA) is 60.2 Å². The number of aromatic nitrogens is 2. The van der Waals surface area contributed by atoms with Gasteiger partial charge in [-0.1, -0.05) is 23.4 Å². The molecule has 0 aliphatic carbocycles. The average molecular weight is 259 g/mol. The zero-order valence-corrected chi connectivity index (χ0v) is 11.1. The van der Waals surface area contributed by atoms with Gasteiger partial charge in [-0.15, -0.1) is 0 Å². The molecule has 1 aliphatic heterocycles. The van der Waals surface area contributed by atoms with E-state index in [1.807, 2.05) is 19.1 Å². The molecule has 0 saturated heterocycles. The normalized spacial score (nSPS) is 18.9. The van der Waals surface area contributed by atoms with Crippen LogP contribution < -0.4 is 5.32 Å². The highest BCUT2D eigenvalue weighted by atomic mass is 16.5. The Bertz CT molecular complexity index is 567. The number of methoxy groups -OCH3 is 1. The lowest BCUT2D eigenvalue weighted by atomic mass is 10.0. The lowest BCUT2D eigenvalue weighted by molar-refractivity contribution is 0.116. The molecule has 2 unspecified atom stereocenters. The fourth-order valence-electron chi connectivity index (χ4n) is 2.34. The largest absolute Gasteiger partial charge is 0.384 e. The summed E-state index contributed by atoms with van der Waals surface area (Å²) < 4.78 is 10.6. The Morgan fingerprint density at radius 1 is 1.47 bits per heavy atom. The van der Waals surface area contributed by atoms with Crippen molar-refractivity contribution < 1.29 is 9.26 Å². The summed E-state index contributed by atoms with van der Waals surface area (Å²) in [4.78, 5) is 4.48. The molecular formula is C14H17N3O2. The molecule has 0 bridgehead atoms. The van der Waals surface area contributed by atoms with Crippen molar-refractivity contribution in [1.29, 1.82) is 0 Å². The number of para-hydroxylation sites is 1. The van der Waals surface area contributed by atoms with E-state index in [0.29, 0.717) is 18.1 Å². The molecule has 5 heteroatoms. The van der Waals surface area contributed by atoms with Gasteiger partial charge in [0.1, 0.15) is 0 Å². The van der Waals surface area contributed by atoms with Crippen LogP contribution in [0.2, 0.25) is 0 Å². The predicted molar refractivity (Wildman–Crippen MR) is 71.2 cm³/mol. The Balaban J connectivity index is 1.81. The second-order valence-electron chi connectivity index (χ2n) is 4.82. The fraction of sp³-hybridized carbons (Fsp3) is 0.429. The molecule has 1 N–H and O–H groups in total. The first kappa shape index (κ1) is 12.2. The van der Waals surface area contributed by atoms with E-state index in [9.17, 15) is 0 Å². The number of hydrogen-bond donors (Lipinski definition) is 1. The zero-order valence-electron chi connectivity index (χ0n) is 11.1. The molecule has 0 saturated carbocycles. The number of nitrogens with one attached hydrogen (secondary N) is 1. The molecule has 1 aromatic carbocycles. The minimum absolute atomic E-state index is 0.0967. The molecule has 100 valence electrons. The summed E-state index contributed by atoms with van der Waals surface area (Å²) in [6, 6.07) is 8.22. The van der Waals surface area contributed by atoms with Crippen LogP contribution in [0.15, 0.2) is 28.8 Å². The van der Waals surface area contributed by atoms with Gasteiger partial charge in [0.2, 0.25) is 5.89 Å². The second-order valence-corrected chi connectivity index (χ2v) is 4.82. The summed E-state index contributed by atoms with van der Waals surface area (Å²) in [6.45, 7) is 2.79. The SMILES string of the molecule is COC(C)Cc1noc(C2CNc3ccccc32)n1. The first-order chi connectivity index (χ1) is 9.28. The van der Waals surface area contributed by atoms with Crippen molar-refractivity contribution in [3.63, 3.8) is 0 Å². The van der Waals surface area contributed by atoms with Gasteiger partial charge in [0, 0.05) is 25.8 Å². The first-order valence-electron chi connectivity index (χ1n) is 6.46. The van der Waals surface area contributed by atoms with Crippen molar-refractivity contribution >= 4 is 5.69 Å². The molecule has 0 spiro atoms. The molecule has 3 rings (SSSR count). The van der Waals surface area contributed by atoms with Crippen molar-refractivity contribution in [2.75, 3.05) is 19.0 Å². The summed E-state index contributed by atoms with van der Waals surface area (Å²) in [6.07, 6.45) is 0.765. The molecule has 0 radical (unpaired) electrons. The van der Waals surface area contributed by atoms with Crippen LogP contribution in [0.25, 0.3) is 0 Å². The van der Waals surface area contributed by atoms with Crippen molar-refractivity contribution in [2.24, 2.45) is 0 Å². The Morgan fingerprint density at radius 2 is 2.32 bits per heavy atom. The predicted octanol–water partition coefficient (Wildman–Crippen LogP) is 2.20. The van der Waals surface area contributed by atoms with Gasteiger partial charge < -0.3 is 14.6 Å². The minimum Gasteiger partial charge on any atom is -0.384 e. The molecule has 1 aliphatic rings. The quantitative estimate of drug-likeness (QED) is 0.912. The maximum absolute atomic E-state index is 5.39. The van der Waals surface area contributed by atoms with E-state index in [1.165, 1.54) is 5.56 Å². The number of hydrogen-bond acceptors (Lipinski definition) is 5. The molecule has 2 heterocycles. The van der Waals surface area contributed by atoms with E-state index in [-0.39, 0.29) is 12.0 Å². The molecule has 0 fully saturated rings. The molecule has 0 amide bonds. The van der Waals surface area contributed by atoms with E-state index >= 15 is 0 Å². The van der Waals surface area contributed by atoms with E-state index in [1.54, 1.807) is 7.11 Å². The number of rotatable bonds is 4. The standard InChI is InChI=1S/C14H17N3O2/c1-9(18-2)7-13-16-14(19-17-13)11-8-15-12-6-4-3-5-10(11)12/h3-6,9,11,15H,7-8H2,1-2H3. The van der Waals surface area contributed by atoms with Crippen LogP contribution in [0.3, 0.4) is 0 Å². The van der Waals surface area contributed by atoms with Crippen molar-refractivity contribution in [3.05, 3.63) is 41.5 Å². The van der Waals surface area contributed by atoms with Gasteiger partial charge in [0.25, 0.3) is 0 Å². The maximum atomic E-state index is 5.39. The maximum Gasteiger partial charge on any atom is 0.236 e. The third-order valence-corrected chi connectivity index (χ3v) is 3.49. The van der Waals surface area contributed by atoms with Gasteiger partial charge in [0.15, 0.2) is 5.82 Å². The second kappa shape index (κ2) is 5.01. The third-order valence-electron chi connectivity index (χ3n) is 3.49. The highest BCUT2D eigenvalue weighted by Crippen LogP contribution is 2.34. The summed E-state index contributed by atoms with van der Waals surface area (Å²) in [7, 11) is 1.68. The highest BCUT2D eigenvalue weighted by molar-refractivity contribution is 5.59. The lowest BCUT2D eigenvalue weighted by Crippen LogP contribution is -2.10. The summed E-state index contributed by atoms with van der Waals surface area (Å²) in [5.41, 5.74) is 2.37. The minimum atomic E-state index is 0.0967. The first-order valence-corrected chi connectivity index (χ1v) is 6.46. The zero-order chi connectivity index (χ0) is 13.2.